The van der Waals surface area contributed by atoms with Gasteiger partial charge in [0.15, 0.2) is 0 Å². The predicted molar refractivity (Wildman–Crippen MR) is 112 cm³/mol. The Morgan fingerprint density at radius 1 is 1.04 bits per heavy atom. The monoisotopic (exact) mass is 422 g/mol. The molecule has 0 aromatic heterocycles. The summed E-state index contributed by atoms with van der Waals surface area (Å²) < 4.78 is 12.9. The number of benzene rings is 2. The Labute approximate surface area is 160 Å². The van der Waals surface area contributed by atoms with Crippen LogP contribution in [0.1, 0.15) is 53.1 Å². The Hall–Kier alpha value is -1.05. The number of phenols is 1. The normalized spacial score (nSPS) is 12.0. The molecule has 2 aromatic rings. The van der Waals surface area contributed by atoms with Gasteiger partial charge in [-0.3, -0.25) is 0 Å². The van der Waals surface area contributed by atoms with Crippen molar-refractivity contribution in [3.63, 3.8) is 0 Å². The van der Waals surface area contributed by atoms with Crippen molar-refractivity contribution >= 4 is 23.1 Å². The maximum absolute atomic E-state index is 12.1. The van der Waals surface area contributed by atoms with E-state index in [1.54, 1.807) is 0 Å². The van der Waals surface area contributed by atoms with Crippen molar-refractivity contribution in [2.75, 3.05) is 13.3 Å². The van der Waals surface area contributed by atoms with E-state index in [1.165, 1.54) is 22.3 Å². The van der Waals surface area contributed by atoms with E-state index in [0.29, 0.717) is 11.9 Å². The first-order valence-electron chi connectivity index (χ1n) is 8.62. The number of aromatic hydroxyl groups is 1. The molecule has 4 heteroatoms. The first-order chi connectivity index (χ1) is 11.5. The molecule has 0 aliphatic rings. The number of halogens is 1. The first kappa shape index (κ1) is 20.3. The summed E-state index contributed by atoms with van der Waals surface area (Å²) in [6.45, 7) is 12.1. The molecule has 0 atom stereocenters. The topological polar surface area (TPSA) is 37.3 Å². The van der Waals surface area contributed by atoms with E-state index in [0.717, 1.165) is 22.0 Å². The molecule has 1 N–H and O–H groups in total. The van der Waals surface area contributed by atoms with Gasteiger partial charge in [0, 0.05) is 6.16 Å². The molecule has 2 nitrogen and oxygen atoms in total. The van der Waals surface area contributed by atoms with Crippen molar-refractivity contribution in [1.82, 2.24) is 0 Å². The standard InChI is InChI=1S/C21H28BrO2P/c1-13(2)18-9-16(11-20(22)21(18)23)10-19-14(3)7-17(8-15(19)4)12-25(5,6)24/h7-9,11,13,23H,10,12H2,1-6H3. The zero-order valence-electron chi connectivity index (χ0n) is 16.0. The van der Waals surface area contributed by atoms with Crippen molar-refractivity contribution in [2.45, 2.75) is 46.2 Å². The molecular weight excluding hydrogens is 395 g/mol. The minimum Gasteiger partial charge on any atom is -0.506 e. The fraction of sp³-hybridized carbons (Fsp3) is 0.429. The van der Waals surface area contributed by atoms with Crippen LogP contribution < -0.4 is 0 Å². The van der Waals surface area contributed by atoms with E-state index < -0.39 is 7.14 Å². The molecule has 25 heavy (non-hydrogen) atoms. The second-order valence-electron chi connectivity index (χ2n) is 7.79. The Balaban J connectivity index is 2.40. The maximum Gasteiger partial charge on any atom is 0.133 e. The van der Waals surface area contributed by atoms with Crippen LogP contribution in [0.2, 0.25) is 0 Å². The lowest BCUT2D eigenvalue weighted by Crippen LogP contribution is -2.00. The molecule has 0 unspecified atom stereocenters. The molecule has 0 saturated heterocycles. The summed E-state index contributed by atoms with van der Waals surface area (Å²) in [7, 11) is -2.07. The van der Waals surface area contributed by atoms with Crippen molar-refractivity contribution in [2.24, 2.45) is 0 Å². The summed E-state index contributed by atoms with van der Waals surface area (Å²) in [6.07, 6.45) is 1.48. The van der Waals surface area contributed by atoms with E-state index in [4.69, 9.17) is 0 Å². The fourth-order valence-electron chi connectivity index (χ4n) is 3.32. The highest BCUT2D eigenvalue weighted by Gasteiger charge is 2.15. The second kappa shape index (κ2) is 7.68. The van der Waals surface area contributed by atoms with Gasteiger partial charge in [-0.2, -0.15) is 0 Å². The van der Waals surface area contributed by atoms with Gasteiger partial charge in [0.2, 0.25) is 0 Å². The van der Waals surface area contributed by atoms with Crippen LogP contribution in [0.3, 0.4) is 0 Å². The van der Waals surface area contributed by atoms with Crippen LogP contribution in [0.5, 0.6) is 5.75 Å². The highest BCUT2D eigenvalue weighted by molar-refractivity contribution is 9.10. The largest absolute Gasteiger partial charge is 0.506 e. The summed E-state index contributed by atoms with van der Waals surface area (Å²) in [4.78, 5) is 0. The number of hydrogen-bond acceptors (Lipinski definition) is 2. The Morgan fingerprint density at radius 3 is 2.08 bits per heavy atom. The summed E-state index contributed by atoms with van der Waals surface area (Å²) in [5.41, 5.74) is 7.08. The van der Waals surface area contributed by atoms with Crippen LogP contribution in [-0.2, 0) is 17.1 Å². The predicted octanol–water partition coefficient (Wildman–Crippen LogP) is 6.61. The lowest BCUT2D eigenvalue weighted by molar-refractivity contribution is 0.461. The summed E-state index contributed by atoms with van der Waals surface area (Å²) >= 11 is 3.48. The van der Waals surface area contributed by atoms with E-state index in [-0.39, 0.29) is 5.92 Å². The first-order valence-corrected chi connectivity index (χ1v) is 12.2. The van der Waals surface area contributed by atoms with Gasteiger partial charge in [-0.25, -0.2) is 0 Å². The molecule has 2 rings (SSSR count). The summed E-state index contributed by atoms with van der Waals surface area (Å²) in [6, 6.07) is 8.44. The van der Waals surface area contributed by atoms with Crippen molar-refractivity contribution in [3.8, 4) is 5.75 Å². The Kier molecular flexibility index (Phi) is 6.22. The van der Waals surface area contributed by atoms with Crippen LogP contribution in [0.15, 0.2) is 28.7 Å². The number of rotatable bonds is 5. The third kappa shape index (κ3) is 5.21. The molecule has 0 bridgehead atoms. The Morgan fingerprint density at radius 2 is 1.60 bits per heavy atom. The number of aryl methyl sites for hydroxylation is 2. The van der Waals surface area contributed by atoms with E-state index in [9.17, 15) is 9.67 Å². The minimum atomic E-state index is -2.07. The number of phenolic OH excluding ortho intramolecular Hbond substituents is 1. The van der Waals surface area contributed by atoms with Gasteiger partial charge in [0.05, 0.1) is 11.6 Å². The SMILES string of the molecule is Cc1cc(CP(C)(C)=O)cc(C)c1Cc1cc(Br)c(O)c(C(C)C)c1. The molecule has 136 valence electrons. The van der Waals surface area contributed by atoms with Gasteiger partial charge in [-0.1, -0.05) is 32.0 Å². The molecule has 0 fully saturated rings. The third-order valence-electron chi connectivity index (χ3n) is 4.47. The highest BCUT2D eigenvalue weighted by atomic mass is 79.9. The molecule has 0 aliphatic carbocycles. The lowest BCUT2D eigenvalue weighted by Gasteiger charge is -2.17. The van der Waals surface area contributed by atoms with Gasteiger partial charge in [-0.05, 0) is 94.9 Å². The van der Waals surface area contributed by atoms with Crippen molar-refractivity contribution < 1.29 is 9.67 Å². The Bertz CT molecular complexity index is 811. The zero-order valence-corrected chi connectivity index (χ0v) is 18.5. The van der Waals surface area contributed by atoms with Crippen LogP contribution in [0.25, 0.3) is 0 Å². The fourth-order valence-corrected chi connectivity index (χ4v) is 4.90. The highest BCUT2D eigenvalue weighted by Crippen LogP contribution is 2.41. The lowest BCUT2D eigenvalue weighted by atomic mass is 9.92. The third-order valence-corrected chi connectivity index (χ3v) is 6.21. The maximum atomic E-state index is 12.1. The van der Waals surface area contributed by atoms with Crippen LogP contribution >= 0.6 is 23.1 Å². The average molecular weight is 423 g/mol. The molecule has 0 radical (unpaired) electrons. The molecule has 0 heterocycles. The van der Waals surface area contributed by atoms with Gasteiger partial charge in [0.1, 0.15) is 5.75 Å². The van der Waals surface area contributed by atoms with Crippen molar-refractivity contribution in [3.05, 3.63) is 62.1 Å². The molecule has 0 saturated carbocycles. The average Bonchev–Trinajstić information content (AvgIpc) is 2.44. The van der Waals surface area contributed by atoms with Gasteiger partial charge >= 0.3 is 0 Å². The second-order valence-corrected chi connectivity index (χ2v) is 12.1. The molecule has 0 spiro atoms. The molecule has 2 aromatic carbocycles. The van der Waals surface area contributed by atoms with Crippen LogP contribution in [0.4, 0.5) is 0 Å². The molecule has 0 amide bonds. The molecule has 0 aliphatic heterocycles. The van der Waals surface area contributed by atoms with Gasteiger partial charge in [-0.15, -0.1) is 0 Å². The van der Waals surface area contributed by atoms with Gasteiger partial charge in [0.25, 0.3) is 0 Å². The van der Waals surface area contributed by atoms with Gasteiger partial charge < -0.3 is 9.67 Å². The smallest absolute Gasteiger partial charge is 0.133 e. The van der Waals surface area contributed by atoms with E-state index in [2.05, 4.69) is 61.8 Å². The zero-order chi connectivity index (χ0) is 18.9. The summed E-state index contributed by atoms with van der Waals surface area (Å²) in [5.74, 6) is 0.605. The number of hydrogen-bond donors (Lipinski definition) is 1. The van der Waals surface area contributed by atoms with E-state index in [1.807, 2.05) is 19.4 Å². The minimum absolute atomic E-state index is 0.268. The molecular formula is C21H28BrO2P. The van der Waals surface area contributed by atoms with Crippen LogP contribution in [0, 0.1) is 13.8 Å². The summed E-state index contributed by atoms with van der Waals surface area (Å²) in [5, 5.41) is 10.2. The van der Waals surface area contributed by atoms with E-state index >= 15 is 0 Å². The van der Waals surface area contributed by atoms with Crippen molar-refractivity contribution in [1.29, 1.82) is 0 Å². The van der Waals surface area contributed by atoms with Crippen LogP contribution in [-0.4, -0.2) is 18.4 Å². The quantitative estimate of drug-likeness (QED) is 0.550.